The molecule has 1 N–H and O–H groups in total. The molecule has 0 aliphatic carbocycles. The zero-order chi connectivity index (χ0) is 8.48. The van der Waals surface area contributed by atoms with Gasteiger partial charge in [0.1, 0.15) is 5.37 Å². The van der Waals surface area contributed by atoms with Crippen LogP contribution in [0.3, 0.4) is 0 Å². The third kappa shape index (κ3) is 2.15. The Balaban J connectivity index is 2.70. The minimum absolute atomic E-state index is 0.551. The van der Waals surface area contributed by atoms with E-state index in [2.05, 4.69) is 0 Å². The zero-order valence-electron chi connectivity index (χ0n) is 6.52. The predicted molar refractivity (Wildman–Crippen MR) is 41.8 cm³/mol. The van der Waals surface area contributed by atoms with Crippen molar-refractivity contribution in [2.75, 3.05) is 13.6 Å². The molecule has 1 rings (SSSR count). The highest BCUT2D eigenvalue weighted by atomic mass is 32.2. The van der Waals surface area contributed by atoms with Gasteiger partial charge in [-0.25, -0.2) is 0 Å². The number of likely N-dealkylation sites (tertiary alicyclic amines) is 1. The lowest BCUT2D eigenvalue weighted by atomic mass is 10.1. The second-order valence-electron chi connectivity index (χ2n) is 2.95. The van der Waals surface area contributed by atoms with Crippen LogP contribution < -0.4 is 0 Å². The SMILES string of the molecule is CN1CCCCC1S(=O)(=O)O. The van der Waals surface area contributed by atoms with E-state index >= 15 is 0 Å². The topological polar surface area (TPSA) is 57.6 Å². The van der Waals surface area contributed by atoms with Gasteiger partial charge >= 0.3 is 0 Å². The average molecular weight is 179 g/mol. The molecule has 1 unspecified atom stereocenters. The number of nitrogens with zero attached hydrogens (tertiary/aromatic N) is 1. The molecule has 1 atom stereocenters. The summed E-state index contributed by atoms with van der Waals surface area (Å²) in [7, 11) is -2.13. The number of hydrogen-bond acceptors (Lipinski definition) is 3. The van der Waals surface area contributed by atoms with Crippen LogP contribution in [-0.4, -0.2) is 36.8 Å². The van der Waals surface area contributed by atoms with E-state index in [0.29, 0.717) is 6.42 Å². The van der Waals surface area contributed by atoms with Gasteiger partial charge < -0.3 is 0 Å². The van der Waals surface area contributed by atoms with Crippen molar-refractivity contribution in [3.05, 3.63) is 0 Å². The Morgan fingerprint density at radius 3 is 2.45 bits per heavy atom. The molecule has 0 aromatic carbocycles. The standard InChI is InChI=1S/C6H13NO3S/c1-7-5-3-2-4-6(7)11(8,9)10/h6H,2-5H2,1H3,(H,8,9,10). The maximum Gasteiger partial charge on any atom is 0.281 e. The van der Waals surface area contributed by atoms with Crippen molar-refractivity contribution in [1.29, 1.82) is 0 Å². The minimum atomic E-state index is -3.85. The van der Waals surface area contributed by atoms with Crippen molar-refractivity contribution in [3.8, 4) is 0 Å². The fourth-order valence-electron chi connectivity index (χ4n) is 1.42. The number of hydrogen-bond donors (Lipinski definition) is 1. The van der Waals surface area contributed by atoms with Crippen molar-refractivity contribution >= 4 is 10.1 Å². The molecule has 0 amide bonds. The number of rotatable bonds is 1. The molecule has 0 aromatic heterocycles. The van der Waals surface area contributed by atoms with Crippen LogP contribution in [0.25, 0.3) is 0 Å². The van der Waals surface area contributed by atoms with E-state index in [0.717, 1.165) is 19.4 Å². The molecule has 66 valence electrons. The first-order valence-corrected chi connectivity index (χ1v) is 5.18. The Labute approximate surface area is 66.9 Å². The molecule has 11 heavy (non-hydrogen) atoms. The fourth-order valence-corrected chi connectivity index (χ4v) is 2.45. The second-order valence-corrected chi connectivity index (χ2v) is 4.52. The third-order valence-electron chi connectivity index (χ3n) is 2.05. The molecule has 0 radical (unpaired) electrons. The van der Waals surface area contributed by atoms with Crippen LogP contribution in [0.15, 0.2) is 0 Å². The summed E-state index contributed by atoms with van der Waals surface area (Å²) in [4.78, 5) is 1.68. The lowest BCUT2D eigenvalue weighted by Crippen LogP contribution is -2.41. The summed E-state index contributed by atoms with van der Waals surface area (Å²) in [5.74, 6) is 0. The lowest BCUT2D eigenvalue weighted by molar-refractivity contribution is 0.230. The molecule has 1 aliphatic heterocycles. The Hall–Kier alpha value is -0.130. The van der Waals surface area contributed by atoms with Crippen molar-refractivity contribution < 1.29 is 13.0 Å². The van der Waals surface area contributed by atoms with Gasteiger partial charge in [-0.1, -0.05) is 0 Å². The summed E-state index contributed by atoms with van der Waals surface area (Å²) in [6.07, 6.45) is 2.45. The molecule has 0 aromatic rings. The van der Waals surface area contributed by atoms with Gasteiger partial charge in [0.05, 0.1) is 0 Å². The van der Waals surface area contributed by atoms with Crippen LogP contribution >= 0.6 is 0 Å². The van der Waals surface area contributed by atoms with E-state index in [9.17, 15) is 8.42 Å². The summed E-state index contributed by atoms with van der Waals surface area (Å²) < 4.78 is 30.2. The first-order valence-electron chi connectivity index (χ1n) is 3.68. The van der Waals surface area contributed by atoms with Gasteiger partial charge in [-0.3, -0.25) is 9.45 Å². The molecule has 0 saturated carbocycles. The fraction of sp³-hybridized carbons (Fsp3) is 1.00. The van der Waals surface area contributed by atoms with E-state index in [-0.39, 0.29) is 0 Å². The maximum absolute atomic E-state index is 10.7. The van der Waals surface area contributed by atoms with Gasteiger partial charge in [-0.05, 0) is 32.9 Å². The predicted octanol–water partition coefficient (Wildman–Crippen LogP) is 0.316. The van der Waals surface area contributed by atoms with E-state index < -0.39 is 15.5 Å². The van der Waals surface area contributed by atoms with Gasteiger partial charge in [0.25, 0.3) is 10.1 Å². The Morgan fingerprint density at radius 2 is 2.09 bits per heavy atom. The van der Waals surface area contributed by atoms with E-state index in [1.165, 1.54) is 0 Å². The zero-order valence-corrected chi connectivity index (χ0v) is 7.34. The van der Waals surface area contributed by atoms with Crippen LogP contribution in [0.2, 0.25) is 0 Å². The van der Waals surface area contributed by atoms with Crippen molar-refractivity contribution in [3.63, 3.8) is 0 Å². The molecule has 1 saturated heterocycles. The van der Waals surface area contributed by atoms with Gasteiger partial charge in [0, 0.05) is 0 Å². The lowest BCUT2D eigenvalue weighted by Gasteiger charge is -2.29. The first-order chi connectivity index (χ1) is 5.02. The summed E-state index contributed by atoms with van der Waals surface area (Å²) in [6.45, 7) is 0.754. The monoisotopic (exact) mass is 179 g/mol. The molecular formula is C6H13NO3S. The molecule has 4 nitrogen and oxygen atoms in total. The van der Waals surface area contributed by atoms with Gasteiger partial charge in [0.15, 0.2) is 0 Å². The summed E-state index contributed by atoms with van der Waals surface area (Å²) in [6, 6.07) is 0. The third-order valence-corrected chi connectivity index (χ3v) is 3.33. The highest BCUT2D eigenvalue weighted by molar-refractivity contribution is 7.86. The van der Waals surface area contributed by atoms with Crippen LogP contribution in [0, 0.1) is 0 Å². The number of piperidine rings is 1. The first kappa shape index (κ1) is 8.96. The van der Waals surface area contributed by atoms with Crippen molar-refractivity contribution in [1.82, 2.24) is 4.90 Å². The summed E-state index contributed by atoms with van der Waals surface area (Å²) in [5.41, 5.74) is 0. The van der Waals surface area contributed by atoms with Gasteiger partial charge in [0.2, 0.25) is 0 Å². The van der Waals surface area contributed by atoms with Crippen molar-refractivity contribution in [2.24, 2.45) is 0 Å². The Morgan fingerprint density at radius 1 is 1.45 bits per heavy atom. The quantitative estimate of drug-likeness (QED) is 0.589. The highest BCUT2D eigenvalue weighted by Crippen LogP contribution is 2.18. The van der Waals surface area contributed by atoms with Crippen LogP contribution in [0.5, 0.6) is 0 Å². The van der Waals surface area contributed by atoms with Crippen LogP contribution in [-0.2, 0) is 10.1 Å². The molecule has 0 spiro atoms. The molecular weight excluding hydrogens is 166 g/mol. The minimum Gasteiger partial charge on any atom is -0.288 e. The molecule has 5 heteroatoms. The summed E-state index contributed by atoms with van der Waals surface area (Å²) in [5, 5.41) is -0.670. The van der Waals surface area contributed by atoms with E-state index in [1.807, 2.05) is 0 Å². The Bertz CT molecular complexity index is 224. The van der Waals surface area contributed by atoms with Gasteiger partial charge in [-0.15, -0.1) is 0 Å². The Kier molecular flexibility index (Phi) is 2.51. The van der Waals surface area contributed by atoms with E-state index in [1.54, 1.807) is 11.9 Å². The van der Waals surface area contributed by atoms with Gasteiger partial charge in [-0.2, -0.15) is 8.42 Å². The molecule has 1 heterocycles. The molecule has 0 bridgehead atoms. The highest BCUT2D eigenvalue weighted by Gasteiger charge is 2.29. The molecule has 1 aliphatic rings. The second kappa shape index (κ2) is 3.08. The maximum atomic E-state index is 10.7. The largest absolute Gasteiger partial charge is 0.288 e. The van der Waals surface area contributed by atoms with Crippen LogP contribution in [0.1, 0.15) is 19.3 Å². The summed E-state index contributed by atoms with van der Waals surface area (Å²) >= 11 is 0. The smallest absolute Gasteiger partial charge is 0.281 e. The van der Waals surface area contributed by atoms with Crippen molar-refractivity contribution in [2.45, 2.75) is 24.6 Å². The average Bonchev–Trinajstić information content (AvgIpc) is 1.86. The van der Waals surface area contributed by atoms with E-state index in [4.69, 9.17) is 4.55 Å². The molecule has 1 fully saturated rings. The normalized spacial score (nSPS) is 28.7. The van der Waals surface area contributed by atoms with Crippen LogP contribution in [0.4, 0.5) is 0 Å².